The van der Waals surface area contributed by atoms with E-state index < -0.39 is 23.5 Å². The molecular weight excluding hydrogens is 277 g/mol. The number of halogens is 3. The molecule has 1 fully saturated rings. The van der Waals surface area contributed by atoms with Crippen LogP contribution in [0.3, 0.4) is 0 Å². The van der Waals surface area contributed by atoms with E-state index in [2.05, 4.69) is 10.2 Å². The van der Waals surface area contributed by atoms with Crippen LogP contribution in [0.25, 0.3) is 0 Å². The quantitative estimate of drug-likeness (QED) is 0.838. The van der Waals surface area contributed by atoms with Crippen molar-refractivity contribution in [2.24, 2.45) is 5.92 Å². The molecule has 2 nitrogen and oxygen atoms in total. The lowest BCUT2D eigenvalue weighted by Gasteiger charge is -2.38. The van der Waals surface area contributed by atoms with Crippen LogP contribution in [-0.4, -0.2) is 31.1 Å². The molecule has 1 N–H and O–H groups in total. The highest BCUT2D eigenvalue weighted by Crippen LogP contribution is 2.35. The minimum atomic E-state index is -1.04. The predicted octanol–water partition coefficient (Wildman–Crippen LogP) is 3.49. The highest BCUT2D eigenvalue weighted by Gasteiger charge is 2.32. The molecule has 1 aromatic rings. The van der Waals surface area contributed by atoms with Gasteiger partial charge in [-0.1, -0.05) is 20.3 Å². The minimum absolute atomic E-state index is 0.0684. The summed E-state index contributed by atoms with van der Waals surface area (Å²) in [5.41, 5.74) is -0.113. The first kappa shape index (κ1) is 16.3. The van der Waals surface area contributed by atoms with Gasteiger partial charge in [0.05, 0.1) is 0 Å². The highest BCUT2D eigenvalue weighted by atomic mass is 19.2. The molecule has 0 aliphatic carbocycles. The van der Waals surface area contributed by atoms with Crippen LogP contribution in [-0.2, 0) is 0 Å². The Morgan fingerprint density at radius 3 is 2.38 bits per heavy atom. The topological polar surface area (TPSA) is 15.3 Å². The van der Waals surface area contributed by atoms with Gasteiger partial charge in [0.25, 0.3) is 0 Å². The van der Waals surface area contributed by atoms with Crippen LogP contribution in [0.1, 0.15) is 38.3 Å². The van der Waals surface area contributed by atoms with Crippen LogP contribution in [0.15, 0.2) is 12.1 Å². The summed E-state index contributed by atoms with van der Waals surface area (Å²) in [4.78, 5) is 2.07. The van der Waals surface area contributed by atoms with Gasteiger partial charge >= 0.3 is 0 Å². The fraction of sp³-hybridized carbons (Fsp3) is 0.625. The summed E-state index contributed by atoms with van der Waals surface area (Å²) in [5, 5.41) is 3.23. The third kappa shape index (κ3) is 3.58. The van der Waals surface area contributed by atoms with Crippen molar-refractivity contribution in [1.82, 2.24) is 10.2 Å². The van der Waals surface area contributed by atoms with Crippen molar-refractivity contribution in [3.05, 3.63) is 35.1 Å². The molecule has 21 heavy (non-hydrogen) atoms. The number of nitrogens with one attached hydrogen (secondary N) is 1. The molecule has 2 atom stereocenters. The van der Waals surface area contributed by atoms with Crippen LogP contribution >= 0.6 is 0 Å². The van der Waals surface area contributed by atoms with E-state index >= 15 is 0 Å². The first-order valence-corrected chi connectivity index (χ1v) is 7.64. The predicted molar refractivity (Wildman–Crippen MR) is 77.6 cm³/mol. The largest absolute Gasteiger partial charge is 0.314 e. The Morgan fingerprint density at radius 1 is 1.14 bits per heavy atom. The molecule has 1 unspecified atom stereocenters. The van der Waals surface area contributed by atoms with Gasteiger partial charge in [-0.3, -0.25) is 4.90 Å². The van der Waals surface area contributed by atoms with E-state index in [4.69, 9.17) is 0 Å². The molecule has 1 aliphatic heterocycles. The minimum Gasteiger partial charge on any atom is -0.314 e. The molecule has 118 valence electrons. The Labute approximate surface area is 124 Å². The lowest BCUT2D eigenvalue weighted by Crippen LogP contribution is -2.47. The van der Waals surface area contributed by atoms with Crippen LogP contribution in [0.2, 0.25) is 0 Å². The lowest BCUT2D eigenvalue weighted by molar-refractivity contribution is 0.119. The van der Waals surface area contributed by atoms with E-state index in [0.717, 1.165) is 38.1 Å². The number of nitrogens with zero attached hydrogens (tertiary/aromatic N) is 1. The van der Waals surface area contributed by atoms with E-state index in [1.807, 2.05) is 13.8 Å². The SMILES string of the molecule is CCCC(C)[C@H](c1c(F)ccc(F)c1F)N1CCNCC1. The van der Waals surface area contributed by atoms with Gasteiger partial charge in [-0.25, -0.2) is 13.2 Å². The van der Waals surface area contributed by atoms with Gasteiger partial charge in [0.1, 0.15) is 5.82 Å². The van der Waals surface area contributed by atoms with Crippen molar-refractivity contribution in [2.75, 3.05) is 26.2 Å². The molecule has 0 spiro atoms. The second-order valence-electron chi connectivity index (χ2n) is 5.75. The Bertz CT molecular complexity index is 473. The Balaban J connectivity index is 2.41. The third-order valence-electron chi connectivity index (χ3n) is 4.20. The Hall–Kier alpha value is -1.07. The van der Waals surface area contributed by atoms with Gasteiger partial charge in [-0.15, -0.1) is 0 Å². The summed E-state index contributed by atoms with van der Waals surface area (Å²) in [6.45, 7) is 7.04. The number of piperazine rings is 1. The second-order valence-corrected chi connectivity index (χ2v) is 5.75. The van der Waals surface area contributed by atoms with Crippen molar-refractivity contribution in [3.63, 3.8) is 0 Å². The highest BCUT2D eigenvalue weighted by molar-refractivity contribution is 5.25. The summed E-state index contributed by atoms with van der Waals surface area (Å²) in [7, 11) is 0. The van der Waals surface area contributed by atoms with Gasteiger partial charge in [0.2, 0.25) is 0 Å². The standard InChI is InChI=1S/C16H23F3N2/c1-3-4-11(2)16(21-9-7-20-8-10-21)14-12(17)5-6-13(18)15(14)19/h5-6,11,16,20H,3-4,7-10H2,1-2H3/t11?,16-/m1/s1. The maximum atomic E-state index is 14.2. The molecule has 5 heteroatoms. The first-order chi connectivity index (χ1) is 10.1. The van der Waals surface area contributed by atoms with E-state index in [1.54, 1.807) is 0 Å². The molecule has 1 aromatic carbocycles. The Kier molecular flexibility index (Phi) is 5.65. The van der Waals surface area contributed by atoms with E-state index in [1.165, 1.54) is 0 Å². The zero-order valence-corrected chi connectivity index (χ0v) is 12.6. The van der Waals surface area contributed by atoms with Gasteiger partial charge in [-0.05, 0) is 24.5 Å². The van der Waals surface area contributed by atoms with Crippen molar-refractivity contribution in [2.45, 2.75) is 32.7 Å². The fourth-order valence-corrected chi connectivity index (χ4v) is 3.21. The van der Waals surface area contributed by atoms with Gasteiger partial charge < -0.3 is 5.32 Å². The van der Waals surface area contributed by atoms with Crippen molar-refractivity contribution >= 4 is 0 Å². The maximum Gasteiger partial charge on any atom is 0.166 e. The molecule has 1 heterocycles. The zero-order chi connectivity index (χ0) is 15.4. The Morgan fingerprint density at radius 2 is 1.76 bits per heavy atom. The zero-order valence-electron chi connectivity index (χ0n) is 12.6. The number of hydrogen-bond donors (Lipinski definition) is 1. The van der Waals surface area contributed by atoms with Crippen molar-refractivity contribution in [3.8, 4) is 0 Å². The molecule has 0 radical (unpaired) electrons. The summed E-state index contributed by atoms with van der Waals surface area (Å²) < 4.78 is 42.0. The van der Waals surface area contributed by atoms with Gasteiger partial charge in [-0.2, -0.15) is 0 Å². The lowest BCUT2D eigenvalue weighted by atomic mass is 9.88. The molecule has 1 aliphatic rings. The number of rotatable bonds is 5. The summed E-state index contributed by atoms with van der Waals surface area (Å²) in [5.74, 6) is -2.60. The second kappa shape index (κ2) is 7.27. The fourth-order valence-electron chi connectivity index (χ4n) is 3.21. The molecular formula is C16H23F3N2. The monoisotopic (exact) mass is 300 g/mol. The number of hydrogen-bond acceptors (Lipinski definition) is 2. The third-order valence-corrected chi connectivity index (χ3v) is 4.20. The van der Waals surface area contributed by atoms with E-state index in [9.17, 15) is 13.2 Å². The summed E-state index contributed by atoms with van der Waals surface area (Å²) in [6, 6.07) is 1.47. The van der Waals surface area contributed by atoms with Crippen LogP contribution in [0.5, 0.6) is 0 Å². The van der Waals surface area contributed by atoms with E-state index in [0.29, 0.717) is 13.1 Å². The van der Waals surface area contributed by atoms with Crippen LogP contribution < -0.4 is 5.32 Å². The average molecular weight is 300 g/mol. The average Bonchev–Trinajstić information content (AvgIpc) is 2.48. The van der Waals surface area contributed by atoms with Crippen LogP contribution in [0, 0.1) is 23.4 Å². The van der Waals surface area contributed by atoms with Gasteiger partial charge in [0.15, 0.2) is 11.6 Å². The van der Waals surface area contributed by atoms with Gasteiger partial charge in [0, 0.05) is 37.8 Å². The maximum absolute atomic E-state index is 14.2. The molecule has 0 bridgehead atoms. The van der Waals surface area contributed by atoms with Crippen molar-refractivity contribution < 1.29 is 13.2 Å². The smallest absolute Gasteiger partial charge is 0.166 e. The number of benzene rings is 1. The molecule has 0 aromatic heterocycles. The van der Waals surface area contributed by atoms with Crippen molar-refractivity contribution in [1.29, 1.82) is 0 Å². The normalized spacial score (nSPS) is 19.5. The molecule has 0 amide bonds. The summed E-state index contributed by atoms with van der Waals surface area (Å²) >= 11 is 0. The van der Waals surface area contributed by atoms with E-state index in [-0.39, 0.29) is 11.5 Å². The molecule has 2 rings (SSSR count). The van der Waals surface area contributed by atoms with Crippen LogP contribution in [0.4, 0.5) is 13.2 Å². The molecule has 0 saturated carbocycles. The first-order valence-electron chi connectivity index (χ1n) is 7.64. The summed E-state index contributed by atoms with van der Waals surface area (Å²) in [6.07, 6.45) is 1.78. The molecule has 1 saturated heterocycles.